The number of pyridine rings is 1. The third-order valence-corrected chi connectivity index (χ3v) is 5.97. The molecule has 0 radical (unpaired) electrons. The van der Waals surface area contributed by atoms with Crippen LogP contribution in [0.25, 0.3) is 0 Å². The van der Waals surface area contributed by atoms with Crippen LogP contribution in [0.3, 0.4) is 0 Å². The second kappa shape index (κ2) is 14.6. The predicted molar refractivity (Wildman–Crippen MR) is 133 cm³/mol. The zero-order valence-electron chi connectivity index (χ0n) is 21.7. The summed E-state index contributed by atoms with van der Waals surface area (Å²) in [4.78, 5) is 55.5. The summed E-state index contributed by atoms with van der Waals surface area (Å²) in [7, 11) is 0. The Kier molecular flexibility index (Phi) is 11.3. The van der Waals surface area contributed by atoms with Crippen LogP contribution >= 0.6 is 0 Å². The Hall–Kier alpha value is -3.95. The Morgan fingerprint density at radius 1 is 0.878 bits per heavy atom. The molecule has 3 rings (SSSR count). The van der Waals surface area contributed by atoms with E-state index in [9.17, 15) is 36.7 Å². The van der Waals surface area contributed by atoms with E-state index in [1.807, 2.05) is 0 Å². The monoisotopic (exact) mass is 584 g/mol. The number of ketones is 1. The molecule has 2 aromatic rings. The number of nitrogens with one attached hydrogen (secondary N) is 3. The summed E-state index contributed by atoms with van der Waals surface area (Å²) in [6.45, 7) is -7.07. The van der Waals surface area contributed by atoms with Crippen LogP contribution in [0.2, 0.25) is 0 Å². The van der Waals surface area contributed by atoms with Gasteiger partial charge in [-0.05, 0) is 31.0 Å². The molecule has 3 amide bonds. The number of hydrogen-bond donors (Lipinski definition) is 3. The van der Waals surface area contributed by atoms with Crippen molar-refractivity contribution in [1.29, 1.82) is 0 Å². The number of amides is 3. The number of hydrogen-bond acceptors (Lipinski definition) is 8. The van der Waals surface area contributed by atoms with Crippen molar-refractivity contribution in [2.75, 3.05) is 19.8 Å². The van der Waals surface area contributed by atoms with Gasteiger partial charge in [0.05, 0.1) is 31.4 Å². The minimum absolute atomic E-state index is 0.0178. The number of carbonyl (C=O) groups is 4. The predicted octanol–water partition coefficient (Wildman–Crippen LogP) is 1.23. The summed E-state index contributed by atoms with van der Waals surface area (Å²) in [5.41, 5.74) is -0.503. The standard InChI is InChI=1S/C26H28F4N4O7/c1-26(14-41-26)20(35)17(10-15-6-3-2-4-7-15)32-22(37)19(13-40-25(29)30)34-23(38)18(12-39-24(27)28)33-21(36)16-8-5-9-31-11-16/h2-9,11,17-19,24-25H,10,12-14H2,1H3,(H,32,37)(H,33,36)(H,34,38)/t17-,18-,19-,26-/m0/s1. The summed E-state index contributed by atoms with van der Waals surface area (Å²) in [5.74, 6) is -3.66. The Bertz CT molecular complexity index is 1190. The highest BCUT2D eigenvalue weighted by molar-refractivity contribution is 6.00. The van der Waals surface area contributed by atoms with Gasteiger partial charge in [0.25, 0.3) is 5.91 Å². The molecule has 1 aliphatic heterocycles. The summed E-state index contributed by atoms with van der Waals surface area (Å²) in [6, 6.07) is 6.59. The molecule has 1 aromatic carbocycles. The van der Waals surface area contributed by atoms with E-state index >= 15 is 0 Å². The fourth-order valence-corrected chi connectivity index (χ4v) is 3.67. The van der Waals surface area contributed by atoms with Crippen molar-refractivity contribution in [1.82, 2.24) is 20.9 Å². The number of carbonyl (C=O) groups excluding carboxylic acids is 4. The second-order valence-corrected chi connectivity index (χ2v) is 9.15. The van der Waals surface area contributed by atoms with Crippen molar-refractivity contribution in [3.8, 4) is 0 Å². The van der Waals surface area contributed by atoms with Gasteiger partial charge in [-0.15, -0.1) is 0 Å². The van der Waals surface area contributed by atoms with Crippen LogP contribution in [0, 0.1) is 0 Å². The molecule has 0 unspecified atom stereocenters. The number of benzene rings is 1. The van der Waals surface area contributed by atoms with Gasteiger partial charge >= 0.3 is 13.2 Å². The summed E-state index contributed by atoms with van der Waals surface area (Å²) >= 11 is 0. The lowest BCUT2D eigenvalue weighted by Crippen LogP contribution is -2.59. The quantitative estimate of drug-likeness (QED) is 0.197. The largest absolute Gasteiger partial charge is 0.361 e. The molecule has 0 saturated carbocycles. The Morgan fingerprint density at radius 2 is 1.44 bits per heavy atom. The van der Waals surface area contributed by atoms with Crippen LogP contribution < -0.4 is 16.0 Å². The molecule has 2 heterocycles. The second-order valence-electron chi connectivity index (χ2n) is 9.15. The molecular formula is C26H28F4N4O7. The lowest BCUT2D eigenvalue weighted by molar-refractivity contribution is -0.152. The minimum atomic E-state index is -3.33. The van der Waals surface area contributed by atoms with Gasteiger partial charge in [0.15, 0.2) is 5.78 Å². The molecule has 11 nitrogen and oxygen atoms in total. The fourth-order valence-electron chi connectivity index (χ4n) is 3.67. The van der Waals surface area contributed by atoms with Crippen LogP contribution in [0.15, 0.2) is 54.9 Å². The number of aromatic nitrogens is 1. The summed E-state index contributed by atoms with van der Waals surface area (Å²) in [6.07, 6.45) is 2.55. The van der Waals surface area contributed by atoms with E-state index in [0.717, 1.165) is 6.20 Å². The molecule has 3 N–H and O–H groups in total. The van der Waals surface area contributed by atoms with Crippen molar-refractivity contribution in [3.63, 3.8) is 0 Å². The van der Waals surface area contributed by atoms with E-state index in [2.05, 4.69) is 30.4 Å². The van der Waals surface area contributed by atoms with Crippen molar-refractivity contribution < 1.29 is 51.0 Å². The Labute approximate surface area is 231 Å². The van der Waals surface area contributed by atoms with E-state index in [1.54, 1.807) is 30.3 Å². The highest BCUT2D eigenvalue weighted by Crippen LogP contribution is 2.29. The molecule has 41 heavy (non-hydrogen) atoms. The average Bonchev–Trinajstić information content (AvgIpc) is 3.71. The molecule has 0 bridgehead atoms. The van der Waals surface area contributed by atoms with E-state index in [-0.39, 0.29) is 18.6 Å². The van der Waals surface area contributed by atoms with Crippen LogP contribution in [-0.2, 0) is 35.0 Å². The molecule has 15 heteroatoms. The normalized spacial score (nSPS) is 18.3. The van der Waals surface area contributed by atoms with E-state index in [1.165, 1.54) is 25.3 Å². The lowest BCUT2D eigenvalue weighted by atomic mass is 9.94. The SMILES string of the molecule is C[C@@]1(C(=O)[C@H](Cc2ccccc2)NC(=O)[C@H](COC(F)F)NC(=O)[C@H](COC(F)F)NC(=O)c2cccnc2)CO1. The van der Waals surface area contributed by atoms with Gasteiger partial charge in [0, 0.05) is 12.4 Å². The Balaban J connectivity index is 1.77. The molecule has 1 aromatic heterocycles. The van der Waals surface area contributed by atoms with Gasteiger partial charge in [-0.1, -0.05) is 30.3 Å². The smallest absolute Gasteiger partial charge is 0.345 e. The molecule has 1 aliphatic rings. The van der Waals surface area contributed by atoms with Crippen LogP contribution in [0.5, 0.6) is 0 Å². The highest BCUT2D eigenvalue weighted by atomic mass is 19.3. The lowest BCUT2D eigenvalue weighted by Gasteiger charge is -2.26. The molecule has 4 atom stereocenters. The van der Waals surface area contributed by atoms with E-state index in [0.29, 0.717) is 5.56 Å². The maximum atomic E-state index is 13.2. The van der Waals surface area contributed by atoms with Crippen LogP contribution in [0.4, 0.5) is 17.6 Å². The highest BCUT2D eigenvalue weighted by Gasteiger charge is 2.50. The molecule has 0 aliphatic carbocycles. The van der Waals surface area contributed by atoms with Gasteiger partial charge in [-0.2, -0.15) is 17.6 Å². The number of epoxide rings is 1. The van der Waals surface area contributed by atoms with Crippen molar-refractivity contribution in [2.24, 2.45) is 0 Å². The molecule has 222 valence electrons. The Morgan fingerprint density at radius 3 is 1.95 bits per heavy atom. The number of ether oxygens (including phenoxy) is 3. The van der Waals surface area contributed by atoms with E-state index in [4.69, 9.17) is 4.74 Å². The molecule has 0 spiro atoms. The summed E-state index contributed by atoms with van der Waals surface area (Å²) < 4.78 is 64.8. The number of nitrogens with zero attached hydrogens (tertiary/aromatic N) is 1. The zero-order chi connectivity index (χ0) is 30.0. The van der Waals surface area contributed by atoms with Gasteiger partial charge in [-0.25, -0.2) is 0 Å². The van der Waals surface area contributed by atoms with Crippen molar-refractivity contribution in [2.45, 2.75) is 50.3 Å². The minimum Gasteiger partial charge on any atom is -0.361 e. The van der Waals surface area contributed by atoms with E-state index < -0.39 is 73.7 Å². The van der Waals surface area contributed by atoms with Crippen molar-refractivity contribution in [3.05, 3.63) is 66.0 Å². The first kappa shape index (κ1) is 31.6. The average molecular weight is 585 g/mol. The third kappa shape index (κ3) is 9.88. The molecule has 1 saturated heterocycles. The first-order chi connectivity index (χ1) is 19.5. The maximum Gasteiger partial charge on any atom is 0.345 e. The number of rotatable bonds is 16. The number of alkyl halides is 4. The van der Waals surface area contributed by atoms with Gasteiger partial charge < -0.3 is 30.2 Å². The van der Waals surface area contributed by atoms with Gasteiger partial charge in [0.2, 0.25) is 11.8 Å². The van der Waals surface area contributed by atoms with Crippen LogP contribution in [0.1, 0.15) is 22.8 Å². The van der Waals surface area contributed by atoms with Crippen LogP contribution in [-0.4, -0.2) is 85.3 Å². The summed E-state index contributed by atoms with van der Waals surface area (Å²) in [5, 5.41) is 6.73. The molecular weight excluding hydrogens is 556 g/mol. The number of Topliss-reactive ketones (excluding diaryl/α,β-unsaturated/α-hetero) is 1. The fraction of sp³-hybridized carbons (Fsp3) is 0.423. The topological polar surface area (TPSA) is 148 Å². The van der Waals surface area contributed by atoms with Crippen molar-refractivity contribution >= 4 is 23.5 Å². The number of halogens is 4. The van der Waals surface area contributed by atoms with Gasteiger partial charge in [0.1, 0.15) is 17.7 Å². The molecule has 1 fully saturated rings. The third-order valence-electron chi connectivity index (χ3n) is 5.97. The maximum absolute atomic E-state index is 13.2. The zero-order valence-corrected chi connectivity index (χ0v) is 21.7. The first-order valence-corrected chi connectivity index (χ1v) is 12.3. The first-order valence-electron chi connectivity index (χ1n) is 12.3. The van der Waals surface area contributed by atoms with Gasteiger partial charge in [-0.3, -0.25) is 24.2 Å².